The van der Waals surface area contributed by atoms with Gasteiger partial charge in [-0.3, -0.25) is 4.68 Å². The van der Waals surface area contributed by atoms with Gasteiger partial charge in [0.25, 0.3) is 0 Å². The maximum absolute atomic E-state index is 13.9. The second-order valence-electron chi connectivity index (χ2n) is 7.52. The highest BCUT2D eigenvalue weighted by atomic mass is 35.5. The van der Waals surface area contributed by atoms with Gasteiger partial charge in [-0.25, -0.2) is 0 Å². The number of phenolic OH excluding ortho intramolecular Hbond substituents is 1. The molecule has 1 heterocycles. The first kappa shape index (κ1) is 23.5. The molecule has 9 heteroatoms. The number of ether oxygens (including phenoxy) is 2. The van der Waals surface area contributed by atoms with Gasteiger partial charge in [-0.1, -0.05) is 35.9 Å². The van der Waals surface area contributed by atoms with Gasteiger partial charge in [-0.2, -0.15) is 18.3 Å². The number of nitrogens with zero attached hydrogens (tertiary/aromatic N) is 2. The fourth-order valence-electron chi connectivity index (χ4n) is 3.63. The highest BCUT2D eigenvalue weighted by Gasteiger charge is 2.40. The predicted octanol–water partition coefficient (Wildman–Crippen LogP) is 6.72. The Balaban J connectivity index is 1.75. The third-order valence-corrected chi connectivity index (χ3v) is 5.47. The lowest BCUT2D eigenvalue weighted by Crippen LogP contribution is -2.08. The summed E-state index contributed by atoms with van der Waals surface area (Å²) in [6.07, 6.45) is -4.70. The van der Waals surface area contributed by atoms with Gasteiger partial charge < -0.3 is 14.6 Å². The zero-order valence-electron chi connectivity index (χ0n) is 18.2. The second-order valence-corrected chi connectivity index (χ2v) is 7.96. The molecule has 0 saturated heterocycles. The van der Waals surface area contributed by atoms with Gasteiger partial charge in [-0.05, 0) is 47.5 Å². The minimum Gasteiger partial charge on any atom is -0.507 e. The first-order valence-electron chi connectivity index (χ1n) is 10.2. The van der Waals surface area contributed by atoms with E-state index >= 15 is 0 Å². The van der Waals surface area contributed by atoms with Gasteiger partial charge in [0.05, 0.1) is 12.8 Å². The van der Waals surface area contributed by atoms with Crippen molar-refractivity contribution in [1.82, 2.24) is 9.78 Å². The number of alkyl halides is 3. The molecule has 0 aliphatic rings. The van der Waals surface area contributed by atoms with E-state index in [9.17, 15) is 18.3 Å². The Bertz CT molecular complexity index is 1320. The lowest BCUT2D eigenvalue weighted by molar-refractivity contribution is -0.140. The van der Waals surface area contributed by atoms with Crippen LogP contribution in [0.25, 0.3) is 22.4 Å². The molecule has 176 valence electrons. The third-order valence-electron chi connectivity index (χ3n) is 5.22. The van der Waals surface area contributed by atoms with Crippen LogP contribution in [0.15, 0.2) is 66.7 Å². The number of hydrogen-bond donors (Lipinski definition) is 1. The molecule has 0 unspecified atom stereocenters. The number of aromatic nitrogens is 2. The van der Waals surface area contributed by atoms with Crippen molar-refractivity contribution in [2.45, 2.75) is 12.8 Å². The van der Waals surface area contributed by atoms with E-state index in [1.165, 1.54) is 32.4 Å². The molecule has 0 aliphatic carbocycles. The maximum Gasteiger partial charge on any atom is 0.435 e. The van der Waals surface area contributed by atoms with Crippen molar-refractivity contribution in [2.24, 2.45) is 7.05 Å². The van der Waals surface area contributed by atoms with Crippen LogP contribution in [-0.2, 0) is 19.8 Å². The first-order chi connectivity index (χ1) is 16.2. The molecule has 0 radical (unpaired) electrons. The highest BCUT2D eigenvalue weighted by Crippen LogP contribution is 2.45. The SMILES string of the molecule is COc1cccc(-c2c(C(F)(F)F)nn(C)c2-c2ccc(OCc3ccc(Cl)cc3)cc2O)c1. The summed E-state index contributed by atoms with van der Waals surface area (Å²) in [6, 6.07) is 17.8. The van der Waals surface area contributed by atoms with E-state index in [1.54, 1.807) is 36.4 Å². The van der Waals surface area contributed by atoms with Gasteiger partial charge in [0.2, 0.25) is 0 Å². The number of phenols is 1. The Hall–Kier alpha value is -3.65. The Morgan fingerprint density at radius 1 is 1.00 bits per heavy atom. The smallest absolute Gasteiger partial charge is 0.435 e. The molecule has 34 heavy (non-hydrogen) atoms. The van der Waals surface area contributed by atoms with E-state index in [-0.39, 0.29) is 34.7 Å². The summed E-state index contributed by atoms with van der Waals surface area (Å²) in [6.45, 7) is 0.231. The zero-order valence-corrected chi connectivity index (χ0v) is 19.0. The Morgan fingerprint density at radius 3 is 2.38 bits per heavy atom. The molecular formula is C25H20ClF3N2O3. The Morgan fingerprint density at radius 2 is 1.74 bits per heavy atom. The van der Waals surface area contributed by atoms with Crippen molar-refractivity contribution in [3.05, 3.63) is 83.0 Å². The normalized spacial score (nSPS) is 11.5. The predicted molar refractivity (Wildman–Crippen MR) is 123 cm³/mol. The summed E-state index contributed by atoms with van der Waals surface area (Å²) < 4.78 is 53.6. The molecule has 5 nitrogen and oxygen atoms in total. The number of aryl methyl sites for hydroxylation is 1. The number of aromatic hydroxyl groups is 1. The van der Waals surface area contributed by atoms with Crippen LogP contribution in [0.5, 0.6) is 17.2 Å². The number of hydrogen-bond acceptors (Lipinski definition) is 4. The quantitative estimate of drug-likeness (QED) is 0.327. The molecule has 4 aromatic rings. The van der Waals surface area contributed by atoms with E-state index in [4.69, 9.17) is 21.1 Å². The molecule has 0 spiro atoms. The monoisotopic (exact) mass is 488 g/mol. The standard InChI is InChI=1S/C25H20ClF3N2O3/c1-31-23(22(24(30-31)25(27,28)29)16-4-3-5-18(12-16)33-2)20-11-10-19(13-21(20)32)34-14-15-6-8-17(26)9-7-15/h3-13,32H,14H2,1-2H3. The fraction of sp³-hybridized carbons (Fsp3) is 0.160. The van der Waals surface area contributed by atoms with Gasteiger partial charge in [-0.15, -0.1) is 0 Å². The van der Waals surface area contributed by atoms with Crippen molar-refractivity contribution in [3.63, 3.8) is 0 Å². The summed E-state index contributed by atoms with van der Waals surface area (Å²) in [5.74, 6) is 0.516. The molecule has 1 aromatic heterocycles. The van der Waals surface area contributed by atoms with Crippen molar-refractivity contribution >= 4 is 11.6 Å². The lowest BCUT2D eigenvalue weighted by atomic mass is 9.97. The number of methoxy groups -OCH3 is 1. The summed E-state index contributed by atoms with van der Waals surface area (Å²) in [4.78, 5) is 0. The third kappa shape index (κ3) is 4.82. The highest BCUT2D eigenvalue weighted by molar-refractivity contribution is 6.30. The average molecular weight is 489 g/mol. The summed E-state index contributed by atoms with van der Waals surface area (Å²) in [5.41, 5.74) is 0.219. The van der Waals surface area contributed by atoms with Crippen LogP contribution in [0.4, 0.5) is 13.2 Å². The van der Waals surface area contributed by atoms with Crippen molar-refractivity contribution < 1.29 is 27.8 Å². The molecule has 0 aliphatic heterocycles. The van der Waals surface area contributed by atoms with Gasteiger partial charge in [0.1, 0.15) is 23.9 Å². The van der Waals surface area contributed by atoms with E-state index in [0.29, 0.717) is 16.5 Å². The molecule has 1 N–H and O–H groups in total. The number of rotatable bonds is 6. The Labute approximate surface area is 198 Å². The van der Waals surface area contributed by atoms with Crippen LogP contribution in [-0.4, -0.2) is 22.0 Å². The van der Waals surface area contributed by atoms with Crippen LogP contribution >= 0.6 is 11.6 Å². The first-order valence-corrected chi connectivity index (χ1v) is 10.5. The van der Waals surface area contributed by atoms with E-state index in [1.807, 2.05) is 12.1 Å². The van der Waals surface area contributed by atoms with Gasteiger partial charge in [0, 0.05) is 29.3 Å². The lowest BCUT2D eigenvalue weighted by Gasteiger charge is -2.13. The summed E-state index contributed by atoms with van der Waals surface area (Å²) in [7, 11) is 2.83. The van der Waals surface area contributed by atoms with Crippen LogP contribution < -0.4 is 9.47 Å². The molecular weight excluding hydrogens is 469 g/mol. The van der Waals surface area contributed by atoms with E-state index < -0.39 is 11.9 Å². The minimum absolute atomic E-state index is 0.113. The van der Waals surface area contributed by atoms with Crippen LogP contribution in [0.2, 0.25) is 5.02 Å². The molecule has 4 rings (SSSR count). The zero-order chi connectivity index (χ0) is 24.5. The van der Waals surface area contributed by atoms with Crippen LogP contribution in [0.3, 0.4) is 0 Å². The summed E-state index contributed by atoms with van der Waals surface area (Å²) in [5, 5.41) is 15.1. The van der Waals surface area contributed by atoms with Crippen molar-refractivity contribution in [2.75, 3.05) is 7.11 Å². The van der Waals surface area contributed by atoms with Gasteiger partial charge >= 0.3 is 6.18 Å². The average Bonchev–Trinajstić information content (AvgIpc) is 3.16. The fourth-order valence-corrected chi connectivity index (χ4v) is 3.76. The van der Waals surface area contributed by atoms with Crippen molar-refractivity contribution in [1.29, 1.82) is 0 Å². The molecule has 0 saturated carbocycles. The summed E-state index contributed by atoms with van der Waals surface area (Å²) >= 11 is 5.88. The molecule has 3 aromatic carbocycles. The number of halogens is 4. The maximum atomic E-state index is 13.9. The van der Waals surface area contributed by atoms with Crippen LogP contribution in [0.1, 0.15) is 11.3 Å². The van der Waals surface area contributed by atoms with E-state index in [2.05, 4.69) is 5.10 Å². The second kappa shape index (κ2) is 9.30. The number of benzene rings is 3. The van der Waals surface area contributed by atoms with Crippen molar-refractivity contribution in [3.8, 4) is 39.6 Å². The van der Waals surface area contributed by atoms with Crippen LogP contribution in [0, 0.1) is 0 Å². The largest absolute Gasteiger partial charge is 0.507 e. The molecule has 0 fully saturated rings. The molecule has 0 amide bonds. The Kier molecular flexibility index (Phi) is 6.43. The molecule has 0 bridgehead atoms. The van der Waals surface area contributed by atoms with Gasteiger partial charge in [0.15, 0.2) is 5.69 Å². The van der Waals surface area contributed by atoms with E-state index in [0.717, 1.165) is 10.2 Å². The minimum atomic E-state index is -4.70. The topological polar surface area (TPSA) is 56.5 Å². The molecule has 0 atom stereocenters.